The third-order valence-corrected chi connectivity index (χ3v) is 2.65. The molecule has 0 bridgehead atoms. The molecule has 0 radical (unpaired) electrons. The molecule has 62 valence electrons. The summed E-state index contributed by atoms with van der Waals surface area (Å²) in [6, 6.07) is 10.6. The standard InChI is InChI=1S/C10H10IN/c1-7(11)10-6-8-4-2-3-5-9(8)12-10/h2-7,12H,1H3. The Bertz CT molecular complexity index is 356. The van der Waals surface area contributed by atoms with Gasteiger partial charge in [-0.1, -0.05) is 40.8 Å². The third kappa shape index (κ3) is 1.35. The largest absolute Gasteiger partial charge is 0.358 e. The van der Waals surface area contributed by atoms with Crippen LogP contribution in [0.1, 0.15) is 16.5 Å². The maximum Gasteiger partial charge on any atom is 0.0482 e. The number of nitrogens with one attached hydrogen (secondary N) is 1. The van der Waals surface area contributed by atoms with Crippen molar-refractivity contribution in [2.24, 2.45) is 0 Å². The maximum absolute atomic E-state index is 3.39. The molecule has 1 nitrogen and oxygen atoms in total. The highest BCUT2D eigenvalue weighted by Gasteiger charge is 2.03. The van der Waals surface area contributed by atoms with Crippen LogP contribution < -0.4 is 0 Å². The van der Waals surface area contributed by atoms with Crippen LogP contribution in [0.25, 0.3) is 10.9 Å². The second-order valence-electron chi connectivity index (χ2n) is 2.93. The van der Waals surface area contributed by atoms with Crippen LogP contribution in [-0.4, -0.2) is 4.98 Å². The van der Waals surface area contributed by atoms with Gasteiger partial charge in [0.15, 0.2) is 0 Å². The van der Waals surface area contributed by atoms with E-state index in [0.29, 0.717) is 3.92 Å². The van der Waals surface area contributed by atoms with Crippen molar-refractivity contribution in [3.05, 3.63) is 36.0 Å². The second-order valence-corrected chi connectivity index (χ2v) is 4.80. The average molecular weight is 271 g/mol. The number of hydrogen-bond acceptors (Lipinski definition) is 0. The van der Waals surface area contributed by atoms with E-state index in [1.807, 2.05) is 0 Å². The Hall–Kier alpha value is -0.510. The minimum absolute atomic E-state index is 0.551. The van der Waals surface area contributed by atoms with E-state index >= 15 is 0 Å². The van der Waals surface area contributed by atoms with E-state index in [1.165, 1.54) is 16.6 Å². The summed E-state index contributed by atoms with van der Waals surface area (Å²) in [5.41, 5.74) is 2.54. The molecule has 0 aliphatic heterocycles. The van der Waals surface area contributed by atoms with Crippen LogP contribution >= 0.6 is 22.6 Å². The Morgan fingerprint density at radius 1 is 1.33 bits per heavy atom. The average Bonchev–Trinajstić information content (AvgIpc) is 2.46. The molecule has 1 heterocycles. The molecule has 1 aromatic carbocycles. The highest BCUT2D eigenvalue weighted by atomic mass is 127. The van der Waals surface area contributed by atoms with Crippen molar-refractivity contribution in [3.63, 3.8) is 0 Å². The second kappa shape index (κ2) is 3.09. The lowest BCUT2D eigenvalue weighted by atomic mass is 10.2. The van der Waals surface area contributed by atoms with Crippen molar-refractivity contribution < 1.29 is 0 Å². The van der Waals surface area contributed by atoms with Gasteiger partial charge in [-0.25, -0.2) is 0 Å². The minimum atomic E-state index is 0.551. The molecular formula is C10H10IN. The normalized spacial score (nSPS) is 13.5. The molecule has 0 amide bonds. The van der Waals surface area contributed by atoms with Crippen molar-refractivity contribution >= 4 is 33.5 Å². The van der Waals surface area contributed by atoms with Crippen molar-refractivity contribution in [3.8, 4) is 0 Å². The molecule has 12 heavy (non-hydrogen) atoms. The zero-order valence-corrected chi connectivity index (χ0v) is 9.00. The van der Waals surface area contributed by atoms with E-state index in [4.69, 9.17) is 0 Å². The number of fused-ring (bicyclic) bond motifs is 1. The maximum atomic E-state index is 3.39. The predicted molar refractivity (Wildman–Crippen MR) is 60.7 cm³/mol. The lowest BCUT2D eigenvalue weighted by Gasteiger charge is -1.95. The number of hydrogen-bond donors (Lipinski definition) is 1. The Labute approximate surface area is 85.3 Å². The van der Waals surface area contributed by atoms with Crippen LogP contribution in [0.2, 0.25) is 0 Å². The first-order valence-electron chi connectivity index (χ1n) is 3.99. The summed E-state index contributed by atoms with van der Waals surface area (Å²) in [6.45, 7) is 2.19. The number of halogens is 1. The van der Waals surface area contributed by atoms with Crippen molar-refractivity contribution in [2.45, 2.75) is 10.8 Å². The molecule has 2 rings (SSSR count). The number of alkyl halides is 1. The number of aromatic nitrogens is 1. The molecule has 0 fully saturated rings. The summed E-state index contributed by atoms with van der Waals surface area (Å²) >= 11 is 2.41. The van der Waals surface area contributed by atoms with Crippen molar-refractivity contribution in [1.29, 1.82) is 0 Å². The van der Waals surface area contributed by atoms with E-state index in [0.717, 1.165) is 0 Å². The molecule has 0 saturated carbocycles. The highest BCUT2D eigenvalue weighted by molar-refractivity contribution is 14.1. The summed E-state index contributed by atoms with van der Waals surface area (Å²) < 4.78 is 0.551. The smallest absolute Gasteiger partial charge is 0.0482 e. The lowest BCUT2D eigenvalue weighted by Crippen LogP contribution is -1.80. The summed E-state index contributed by atoms with van der Waals surface area (Å²) in [4.78, 5) is 3.39. The SMILES string of the molecule is CC(I)c1cc2ccccc2[nH]1. The predicted octanol–water partition coefficient (Wildman–Crippen LogP) is 3.66. The van der Waals surface area contributed by atoms with E-state index in [1.54, 1.807) is 0 Å². The van der Waals surface area contributed by atoms with Gasteiger partial charge in [-0.3, -0.25) is 0 Å². The fourth-order valence-corrected chi connectivity index (χ4v) is 1.65. The molecule has 1 aromatic heterocycles. The first-order valence-corrected chi connectivity index (χ1v) is 5.23. The van der Waals surface area contributed by atoms with Gasteiger partial charge in [0.25, 0.3) is 0 Å². The fraction of sp³-hybridized carbons (Fsp3) is 0.200. The van der Waals surface area contributed by atoms with Gasteiger partial charge < -0.3 is 4.98 Å². The molecule has 2 heteroatoms. The van der Waals surface area contributed by atoms with Crippen LogP contribution in [0.4, 0.5) is 0 Å². The molecule has 0 aliphatic rings. The summed E-state index contributed by atoms with van der Waals surface area (Å²) in [7, 11) is 0. The summed E-state index contributed by atoms with van der Waals surface area (Å²) in [6.07, 6.45) is 0. The summed E-state index contributed by atoms with van der Waals surface area (Å²) in [5.74, 6) is 0. The van der Waals surface area contributed by atoms with E-state index in [-0.39, 0.29) is 0 Å². The number of rotatable bonds is 1. The first kappa shape index (κ1) is 8.10. The highest BCUT2D eigenvalue weighted by Crippen LogP contribution is 2.25. The van der Waals surface area contributed by atoms with Crippen molar-refractivity contribution in [1.82, 2.24) is 4.98 Å². The van der Waals surface area contributed by atoms with Crippen LogP contribution in [-0.2, 0) is 0 Å². The number of aromatic amines is 1. The van der Waals surface area contributed by atoms with Crippen LogP contribution in [0.5, 0.6) is 0 Å². The molecule has 1 unspecified atom stereocenters. The Morgan fingerprint density at radius 3 is 2.75 bits per heavy atom. The van der Waals surface area contributed by atoms with E-state index in [2.05, 4.69) is 64.8 Å². The molecule has 0 saturated heterocycles. The Balaban J connectivity index is 2.62. The van der Waals surface area contributed by atoms with Gasteiger partial charge in [0.2, 0.25) is 0 Å². The van der Waals surface area contributed by atoms with Gasteiger partial charge in [0.05, 0.1) is 0 Å². The topological polar surface area (TPSA) is 15.8 Å². The number of benzene rings is 1. The van der Waals surface area contributed by atoms with Crippen LogP contribution in [0.3, 0.4) is 0 Å². The Morgan fingerprint density at radius 2 is 2.08 bits per heavy atom. The van der Waals surface area contributed by atoms with Gasteiger partial charge in [-0.05, 0) is 24.4 Å². The van der Waals surface area contributed by atoms with Gasteiger partial charge >= 0.3 is 0 Å². The fourth-order valence-electron chi connectivity index (χ4n) is 1.31. The summed E-state index contributed by atoms with van der Waals surface area (Å²) in [5, 5.41) is 1.30. The van der Waals surface area contributed by atoms with Gasteiger partial charge in [0.1, 0.15) is 0 Å². The number of H-pyrrole nitrogens is 1. The number of para-hydroxylation sites is 1. The van der Waals surface area contributed by atoms with Crippen LogP contribution in [0, 0.1) is 0 Å². The molecule has 1 N–H and O–H groups in total. The molecular weight excluding hydrogens is 261 g/mol. The zero-order chi connectivity index (χ0) is 8.55. The zero-order valence-electron chi connectivity index (χ0n) is 6.84. The van der Waals surface area contributed by atoms with Gasteiger partial charge in [-0.2, -0.15) is 0 Å². The van der Waals surface area contributed by atoms with E-state index < -0.39 is 0 Å². The molecule has 1 atom stereocenters. The quantitative estimate of drug-likeness (QED) is 0.601. The molecule has 0 spiro atoms. The molecule has 2 aromatic rings. The van der Waals surface area contributed by atoms with Crippen LogP contribution in [0.15, 0.2) is 30.3 Å². The van der Waals surface area contributed by atoms with Gasteiger partial charge in [0, 0.05) is 15.1 Å². The minimum Gasteiger partial charge on any atom is -0.358 e. The third-order valence-electron chi connectivity index (χ3n) is 1.98. The van der Waals surface area contributed by atoms with Gasteiger partial charge in [-0.15, -0.1) is 0 Å². The lowest BCUT2D eigenvalue weighted by molar-refractivity contribution is 1.08. The van der Waals surface area contributed by atoms with E-state index in [9.17, 15) is 0 Å². The Kier molecular flexibility index (Phi) is 2.09. The monoisotopic (exact) mass is 271 g/mol. The van der Waals surface area contributed by atoms with Crippen molar-refractivity contribution in [2.75, 3.05) is 0 Å². The first-order chi connectivity index (χ1) is 5.77. The molecule has 0 aliphatic carbocycles.